The molecule has 116 valence electrons. The average Bonchev–Trinajstić information content (AvgIpc) is 3.13. The van der Waals surface area contributed by atoms with Crippen LogP contribution < -0.4 is 10.6 Å². The summed E-state index contributed by atoms with van der Waals surface area (Å²) in [5, 5.41) is 17.5. The third kappa shape index (κ3) is 5.13. The van der Waals surface area contributed by atoms with Crippen molar-refractivity contribution in [2.75, 3.05) is 13.1 Å². The number of aliphatic hydroxyl groups is 1. The second kappa shape index (κ2) is 7.56. The molecule has 0 saturated heterocycles. The Bertz CT molecular complexity index is 467. The normalized spacial score (nSPS) is 16.6. The van der Waals surface area contributed by atoms with Crippen molar-refractivity contribution < 1.29 is 14.7 Å². The number of carbonyl (C=O) groups is 2. The first-order valence-corrected chi connectivity index (χ1v) is 8.28. The summed E-state index contributed by atoms with van der Waals surface area (Å²) in [6.07, 6.45) is 4.55. The van der Waals surface area contributed by atoms with E-state index in [1.54, 1.807) is 6.07 Å². The molecule has 1 fully saturated rings. The van der Waals surface area contributed by atoms with E-state index in [0.29, 0.717) is 30.8 Å². The molecule has 6 heteroatoms. The largest absolute Gasteiger partial charge is 0.388 e. The van der Waals surface area contributed by atoms with Gasteiger partial charge in [0.15, 0.2) is 0 Å². The van der Waals surface area contributed by atoms with Crippen LogP contribution in [0.4, 0.5) is 0 Å². The van der Waals surface area contributed by atoms with Crippen molar-refractivity contribution >= 4 is 23.2 Å². The molecule has 3 N–H and O–H groups in total. The lowest BCUT2D eigenvalue weighted by atomic mass is 10.0. The highest BCUT2D eigenvalue weighted by Gasteiger charge is 2.31. The first kappa shape index (κ1) is 16.0. The number of rotatable bonds is 7. The lowest BCUT2D eigenvalue weighted by molar-refractivity contribution is -0.122. The van der Waals surface area contributed by atoms with Crippen LogP contribution in [0.25, 0.3) is 0 Å². The SMILES string of the molecule is O=C(CCCNC(=O)c1cccs1)NCC1(O)CCCC1. The van der Waals surface area contributed by atoms with E-state index in [1.807, 2.05) is 11.4 Å². The Hall–Kier alpha value is -1.40. The van der Waals surface area contributed by atoms with Crippen molar-refractivity contribution in [3.63, 3.8) is 0 Å². The van der Waals surface area contributed by atoms with Gasteiger partial charge in [0.05, 0.1) is 10.5 Å². The Morgan fingerprint density at radius 1 is 1.29 bits per heavy atom. The van der Waals surface area contributed by atoms with Crippen molar-refractivity contribution in [2.45, 2.75) is 44.1 Å². The highest BCUT2D eigenvalue weighted by Crippen LogP contribution is 2.28. The maximum atomic E-state index is 11.7. The topological polar surface area (TPSA) is 78.4 Å². The summed E-state index contributed by atoms with van der Waals surface area (Å²) in [6.45, 7) is 0.821. The van der Waals surface area contributed by atoms with Crippen molar-refractivity contribution in [3.8, 4) is 0 Å². The molecular formula is C15H22N2O3S. The molecule has 1 heterocycles. The third-order valence-electron chi connectivity index (χ3n) is 3.76. The van der Waals surface area contributed by atoms with Crippen molar-refractivity contribution in [2.24, 2.45) is 0 Å². The van der Waals surface area contributed by atoms with E-state index in [1.165, 1.54) is 11.3 Å². The molecule has 1 aliphatic carbocycles. The smallest absolute Gasteiger partial charge is 0.261 e. The molecule has 21 heavy (non-hydrogen) atoms. The van der Waals surface area contributed by atoms with Gasteiger partial charge in [-0.3, -0.25) is 9.59 Å². The number of hydrogen-bond acceptors (Lipinski definition) is 4. The Balaban J connectivity index is 1.56. The summed E-state index contributed by atoms with van der Waals surface area (Å²) in [6, 6.07) is 3.61. The minimum atomic E-state index is -0.705. The van der Waals surface area contributed by atoms with Crippen molar-refractivity contribution in [3.05, 3.63) is 22.4 Å². The molecule has 1 aliphatic rings. The van der Waals surface area contributed by atoms with Crippen LogP contribution in [0.3, 0.4) is 0 Å². The first-order valence-electron chi connectivity index (χ1n) is 7.40. The number of hydrogen-bond donors (Lipinski definition) is 3. The van der Waals surface area contributed by atoms with Crippen LogP contribution in [0.1, 0.15) is 48.2 Å². The summed E-state index contributed by atoms with van der Waals surface area (Å²) in [7, 11) is 0. The van der Waals surface area contributed by atoms with Gasteiger partial charge in [0.2, 0.25) is 5.91 Å². The first-order chi connectivity index (χ1) is 10.1. The number of nitrogens with one attached hydrogen (secondary N) is 2. The lowest BCUT2D eigenvalue weighted by Gasteiger charge is -2.22. The van der Waals surface area contributed by atoms with Crippen LogP contribution in [0.15, 0.2) is 17.5 Å². The van der Waals surface area contributed by atoms with E-state index < -0.39 is 5.60 Å². The second-order valence-electron chi connectivity index (χ2n) is 5.54. The highest BCUT2D eigenvalue weighted by molar-refractivity contribution is 7.12. The molecule has 2 rings (SSSR count). The molecule has 0 bridgehead atoms. The maximum Gasteiger partial charge on any atom is 0.261 e. The van der Waals surface area contributed by atoms with Crippen molar-refractivity contribution in [1.82, 2.24) is 10.6 Å². The molecule has 0 aromatic carbocycles. The molecule has 5 nitrogen and oxygen atoms in total. The standard InChI is InChI=1S/C15H22N2O3S/c18-13(17-11-15(20)7-1-2-8-15)6-3-9-16-14(19)12-5-4-10-21-12/h4-5,10,20H,1-3,6-9,11H2,(H,16,19)(H,17,18). The minimum Gasteiger partial charge on any atom is -0.388 e. The quantitative estimate of drug-likeness (QED) is 0.671. The van der Waals surface area contributed by atoms with E-state index in [4.69, 9.17) is 0 Å². The van der Waals surface area contributed by atoms with Crippen LogP contribution >= 0.6 is 11.3 Å². The van der Waals surface area contributed by atoms with Gasteiger partial charge in [-0.15, -0.1) is 11.3 Å². The van der Waals surface area contributed by atoms with E-state index in [9.17, 15) is 14.7 Å². The molecule has 0 unspecified atom stereocenters. The van der Waals surface area contributed by atoms with E-state index in [0.717, 1.165) is 25.7 Å². The van der Waals surface area contributed by atoms with E-state index in [-0.39, 0.29) is 11.8 Å². The maximum absolute atomic E-state index is 11.7. The fourth-order valence-corrected chi connectivity index (χ4v) is 3.15. The molecule has 2 amide bonds. The van der Waals surface area contributed by atoms with Crippen LogP contribution in [-0.2, 0) is 4.79 Å². The average molecular weight is 310 g/mol. The Morgan fingerprint density at radius 3 is 2.71 bits per heavy atom. The predicted molar refractivity (Wildman–Crippen MR) is 82.3 cm³/mol. The summed E-state index contributed by atoms with van der Waals surface area (Å²) >= 11 is 1.40. The molecular weight excluding hydrogens is 288 g/mol. The van der Waals surface area contributed by atoms with Gasteiger partial charge in [0.25, 0.3) is 5.91 Å². The predicted octanol–water partition coefficient (Wildman–Crippen LogP) is 1.68. The number of thiophene rings is 1. The van der Waals surface area contributed by atoms with E-state index >= 15 is 0 Å². The lowest BCUT2D eigenvalue weighted by Crippen LogP contribution is -2.40. The van der Waals surface area contributed by atoms with E-state index in [2.05, 4.69) is 10.6 Å². The van der Waals surface area contributed by atoms with Gasteiger partial charge in [-0.2, -0.15) is 0 Å². The van der Waals surface area contributed by atoms with Gasteiger partial charge in [-0.1, -0.05) is 18.9 Å². The molecule has 0 radical (unpaired) electrons. The molecule has 0 aliphatic heterocycles. The zero-order valence-electron chi connectivity index (χ0n) is 12.1. The number of carbonyl (C=O) groups excluding carboxylic acids is 2. The summed E-state index contributed by atoms with van der Waals surface area (Å²) in [5.74, 6) is -0.161. The molecule has 1 aromatic rings. The second-order valence-corrected chi connectivity index (χ2v) is 6.49. The molecule has 0 spiro atoms. The van der Waals surface area contributed by atoms with Crippen LogP contribution in [0, 0.1) is 0 Å². The summed E-state index contributed by atoms with van der Waals surface area (Å²) in [4.78, 5) is 24.0. The van der Waals surface area contributed by atoms with Gasteiger partial charge < -0.3 is 15.7 Å². The van der Waals surface area contributed by atoms with Crippen LogP contribution in [-0.4, -0.2) is 35.6 Å². The number of amides is 2. The monoisotopic (exact) mass is 310 g/mol. The zero-order chi connectivity index (χ0) is 15.1. The zero-order valence-corrected chi connectivity index (χ0v) is 12.9. The molecule has 0 atom stereocenters. The van der Waals surface area contributed by atoms with Crippen LogP contribution in [0.2, 0.25) is 0 Å². The van der Waals surface area contributed by atoms with Crippen molar-refractivity contribution in [1.29, 1.82) is 0 Å². The van der Waals surface area contributed by atoms with Gasteiger partial charge in [-0.05, 0) is 30.7 Å². The Kier molecular flexibility index (Phi) is 5.76. The third-order valence-corrected chi connectivity index (χ3v) is 4.63. The molecule has 1 saturated carbocycles. The fraction of sp³-hybridized carbons (Fsp3) is 0.600. The molecule has 1 aromatic heterocycles. The van der Waals surface area contributed by atoms with Gasteiger partial charge in [0, 0.05) is 19.5 Å². The summed E-state index contributed by atoms with van der Waals surface area (Å²) < 4.78 is 0. The fourth-order valence-electron chi connectivity index (χ4n) is 2.51. The Morgan fingerprint density at radius 2 is 2.05 bits per heavy atom. The minimum absolute atomic E-state index is 0.0688. The van der Waals surface area contributed by atoms with Gasteiger partial charge in [-0.25, -0.2) is 0 Å². The van der Waals surface area contributed by atoms with Crippen LogP contribution in [0.5, 0.6) is 0 Å². The van der Waals surface area contributed by atoms with Gasteiger partial charge >= 0.3 is 0 Å². The summed E-state index contributed by atoms with van der Waals surface area (Å²) in [5.41, 5.74) is -0.705. The Labute approximate surface area is 128 Å². The highest BCUT2D eigenvalue weighted by atomic mass is 32.1. The van der Waals surface area contributed by atoms with Gasteiger partial charge in [0.1, 0.15) is 0 Å².